The van der Waals surface area contributed by atoms with E-state index in [9.17, 15) is 4.79 Å². The molecule has 0 fully saturated rings. The van der Waals surface area contributed by atoms with Gasteiger partial charge in [0.1, 0.15) is 6.33 Å². The maximum atomic E-state index is 12.6. The van der Waals surface area contributed by atoms with Gasteiger partial charge in [-0.2, -0.15) is 5.10 Å². The summed E-state index contributed by atoms with van der Waals surface area (Å²) in [5.41, 5.74) is 2.48. The van der Waals surface area contributed by atoms with E-state index >= 15 is 0 Å². The number of hydrogen-bond donors (Lipinski definition) is 1. The van der Waals surface area contributed by atoms with E-state index in [0.717, 1.165) is 16.9 Å². The largest absolute Gasteiger partial charge is 0.323 e. The molecule has 1 N–H and O–H groups in total. The van der Waals surface area contributed by atoms with Crippen molar-refractivity contribution >= 4 is 11.7 Å². The molecule has 0 atom stereocenters. The number of amides is 2. The summed E-state index contributed by atoms with van der Waals surface area (Å²) in [7, 11) is 0. The standard InChI is InChI=1S/C16H20N8O/c1-3-22(9-10-23-8-4-7-18-23)16(25)19-15-11-14(6-5-13(15)2)24-12-17-20-21-24/h4-8,11-12H,3,9-10H2,1-2H3,(H,19,25). The second-order valence-corrected chi connectivity index (χ2v) is 5.53. The molecule has 25 heavy (non-hydrogen) atoms. The highest BCUT2D eigenvalue weighted by Crippen LogP contribution is 2.19. The smallest absolute Gasteiger partial charge is 0.321 e. The van der Waals surface area contributed by atoms with Gasteiger partial charge in [0.05, 0.1) is 12.2 Å². The van der Waals surface area contributed by atoms with Crippen molar-refractivity contribution in [2.45, 2.75) is 20.4 Å². The minimum atomic E-state index is -0.147. The van der Waals surface area contributed by atoms with Crippen molar-refractivity contribution in [2.24, 2.45) is 0 Å². The minimum absolute atomic E-state index is 0.147. The Morgan fingerprint density at radius 1 is 1.36 bits per heavy atom. The first kappa shape index (κ1) is 16.6. The first-order chi connectivity index (χ1) is 12.2. The first-order valence-corrected chi connectivity index (χ1v) is 8.04. The van der Waals surface area contributed by atoms with Crippen LogP contribution in [0.2, 0.25) is 0 Å². The molecule has 2 aromatic heterocycles. The van der Waals surface area contributed by atoms with Crippen LogP contribution in [-0.4, -0.2) is 54.0 Å². The molecular formula is C16H20N8O. The van der Waals surface area contributed by atoms with Gasteiger partial charge in [-0.3, -0.25) is 4.68 Å². The van der Waals surface area contributed by atoms with Crippen LogP contribution in [0.1, 0.15) is 12.5 Å². The average Bonchev–Trinajstić information content (AvgIpc) is 3.30. The van der Waals surface area contributed by atoms with Gasteiger partial charge in [-0.15, -0.1) is 5.10 Å². The van der Waals surface area contributed by atoms with Gasteiger partial charge in [0.25, 0.3) is 0 Å². The van der Waals surface area contributed by atoms with Crippen molar-refractivity contribution in [1.29, 1.82) is 0 Å². The fraction of sp³-hybridized carbons (Fsp3) is 0.312. The Bertz CT molecular complexity index is 813. The number of likely N-dealkylation sites (N-methyl/N-ethyl adjacent to an activating group) is 1. The Kier molecular flexibility index (Phi) is 5.03. The Balaban J connectivity index is 1.69. The fourth-order valence-corrected chi connectivity index (χ4v) is 2.42. The number of aryl methyl sites for hydroxylation is 1. The van der Waals surface area contributed by atoms with Crippen LogP contribution < -0.4 is 5.32 Å². The molecule has 3 rings (SSSR count). The predicted molar refractivity (Wildman–Crippen MR) is 92.4 cm³/mol. The number of hydrogen-bond acceptors (Lipinski definition) is 5. The monoisotopic (exact) mass is 340 g/mol. The predicted octanol–water partition coefficient (Wildman–Crippen LogP) is 1.72. The van der Waals surface area contributed by atoms with E-state index in [0.29, 0.717) is 19.6 Å². The molecule has 1 aromatic carbocycles. The normalized spacial score (nSPS) is 10.6. The summed E-state index contributed by atoms with van der Waals surface area (Å²) in [5.74, 6) is 0. The summed E-state index contributed by atoms with van der Waals surface area (Å²) in [6.07, 6.45) is 5.12. The maximum absolute atomic E-state index is 12.6. The van der Waals surface area contributed by atoms with Crippen LogP contribution in [0.4, 0.5) is 10.5 Å². The molecule has 0 aliphatic rings. The molecule has 0 spiro atoms. The Labute approximate surface area is 145 Å². The van der Waals surface area contributed by atoms with E-state index in [1.54, 1.807) is 20.5 Å². The zero-order chi connectivity index (χ0) is 17.6. The van der Waals surface area contributed by atoms with Crippen LogP contribution in [0.15, 0.2) is 43.0 Å². The summed E-state index contributed by atoms with van der Waals surface area (Å²) in [4.78, 5) is 14.3. The van der Waals surface area contributed by atoms with Gasteiger partial charge in [0.15, 0.2) is 0 Å². The number of nitrogens with one attached hydrogen (secondary N) is 1. The number of rotatable bonds is 6. The van der Waals surface area contributed by atoms with Crippen LogP contribution >= 0.6 is 0 Å². The third-order valence-corrected chi connectivity index (χ3v) is 3.90. The van der Waals surface area contributed by atoms with Gasteiger partial charge in [-0.25, -0.2) is 9.48 Å². The lowest BCUT2D eigenvalue weighted by molar-refractivity contribution is 0.211. The number of nitrogens with zero attached hydrogens (tertiary/aromatic N) is 7. The van der Waals surface area contributed by atoms with E-state index in [2.05, 4.69) is 25.9 Å². The van der Waals surface area contributed by atoms with Gasteiger partial charge in [0, 0.05) is 31.2 Å². The molecule has 9 heteroatoms. The van der Waals surface area contributed by atoms with Crippen molar-refractivity contribution in [1.82, 2.24) is 34.9 Å². The summed E-state index contributed by atoms with van der Waals surface area (Å²) in [6, 6.07) is 7.39. The molecule has 130 valence electrons. The van der Waals surface area contributed by atoms with Gasteiger partial charge < -0.3 is 10.2 Å². The minimum Gasteiger partial charge on any atom is -0.323 e. The lowest BCUT2D eigenvalue weighted by Crippen LogP contribution is -2.37. The molecule has 2 amide bonds. The molecule has 0 unspecified atom stereocenters. The number of benzene rings is 1. The molecule has 0 bridgehead atoms. The number of carbonyl (C=O) groups is 1. The molecule has 0 radical (unpaired) electrons. The van der Waals surface area contributed by atoms with Crippen LogP contribution in [0.5, 0.6) is 0 Å². The van der Waals surface area contributed by atoms with Gasteiger partial charge in [0.2, 0.25) is 0 Å². The molecule has 9 nitrogen and oxygen atoms in total. The van der Waals surface area contributed by atoms with Crippen LogP contribution in [0.3, 0.4) is 0 Å². The Hall–Kier alpha value is -3.23. The highest BCUT2D eigenvalue weighted by Gasteiger charge is 2.13. The second-order valence-electron chi connectivity index (χ2n) is 5.53. The third kappa shape index (κ3) is 4.00. The van der Waals surface area contributed by atoms with Gasteiger partial charge in [-0.1, -0.05) is 6.07 Å². The second kappa shape index (κ2) is 7.56. The molecule has 0 saturated heterocycles. The molecule has 0 aliphatic heterocycles. The van der Waals surface area contributed by atoms with Crippen molar-refractivity contribution in [3.8, 4) is 5.69 Å². The third-order valence-electron chi connectivity index (χ3n) is 3.90. The number of aromatic nitrogens is 6. The average molecular weight is 340 g/mol. The molecule has 0 saturated carbocycles. The van der Waals surface area contributed by atoms with Gasteiger partial charge >= 0.3 is 6.03 Å². The Morgan fingerprint density at radius 2 is 2.24 bits per heavy atom. The Morgan fingerprint density at radius 3 is 2.92 bits per heavy atom. The first-order valence-electron chi connectivity index (χ1n) is 8.04. The zero-order valence-electron chi connectivity index (χ0n) is 14.2. The van der Waals surface area contributed by atoms with Gasteiger partial charge in [-0.05, 0) is 48.0 Å². The molecule has 2 heterocycles. The summed E-state index contributed by atoms with van der Waals surface area (Å²) < 4.78 is 3.35. The summed E-state index contributed by atoms with van der Waals surface area (Å²) >= 11 is 0. The maximum Gasteiger partial charge on any atom is 0.321 e. The molecule has 0 aliphatic carbocycles. The van der Waals surface area contributed by atoms with Crippen molar-refractivity contribution < 1.29 is 4.79 Å². The van der Waals surface area contributed by atoms with Crippen LogP contribution in [0, 0.1) is 6.92 Å². The lowest BCUT2D eigenvalue weighted by Gasteiger charge is -2.22. The van der Waals surface area contributed by atoms with E-state index in [1.807, 2.05) is 44.3 Å². The van der Waals surface area contributed by atoms with E-state index < -0.39 is 0 Å². The van der Waals surface area contributed by atoms with Crippen molar-refractivity contribution in [2.75, 3.05) is 18.4 Å². The quantitative estimate of drug-likeness (QED) is 0.737. The molecular weight excluding hydrogens is 320 g/mol. The zero-order valence-corrected chi connectivity index (χ0v) is 14.2. The van der Waals surface area contributed by atoms with E-state index in [-0.39, 0.29) is 6.03 Å². The number of anilines is 1. The van der Waals surface area contributed by atoms with Crippen LogP contribution in [0.25, 0.3) is 5.69 Å². The number of tetrazole rings is 1. The topological polar surface area (TPSA) is 93.8 Å². The summed E-state index contributed by atoms with van der Waals surface area (Å²) in [5, 5.41) is 18.3. The molecule has 3 aromatic rings. The number of urea groups is 1. The van der Waals surface area contributed by atoms with E-state index in [4.69, 9.17) is 0 Å². The van der Waals surface area contributed by atoms with Crippen molar-refractivity contribution in [3.63, 3.8) is 0 Å². The summed E-state index contributed by atoms with van der Waals surface area (Å²) in [6.45, 7) is 5.73. The number of carbonyl (C=O) groups excluding carboxylic acids is 1. The van der Waals surface area contributed by atoms with Crippen LogP contribution in [-0.2, 0) is 6.54 Å². The lowest BCUT2D eigenvalue weighted by atomic mass is 10.2. The fourth-order valence-electron chi connectivity index (χ4n) is 2.42. The SMILES string of the molecule is CCN(CCn1cccn1)C(=O)Nc1cc(-n2cnnn2)ccc1C. The van der Waals surface area contributed by atoms with E-state index in [1.165, 1.54) is 6.33 Å². The highest BCUT2D eigenvalue weighted by molar-refractivity contribution is 5.90. The highest BCUT2D eigenvalue weighted by atomic mass is 16.2. The van der Waals surface area contributed by atoms with Crippen molar-refractivity contribution in [3.05, 3.63) is 48.5 Å².